The molecule has 0 aliphatic rings. The van der Waals surface area contributed by atoms with Gasteiger partial charge in [0.2, 0.25) is 0 Å². The van der Waals surface area contributed by atoms with E-state index in [9.17, 15) is 18.4 Å². The van der Waals surface area contributed by atoms with Gasteiger partial charge in [0.25, 0.3) is 5.91 Å². The molecule has 0 spiro atoms. The third kappa shape index (κ3) is 3.04. The van der Waals surface area contributed by atoms with Gasteiger partial charge in [-0.25, -0.2) is 18.6 Å². The monoisotopic (exact) mass is 295 g/mol. The molecule has 110 valence electrons. The number of aromatic nitrogens is 2. The van der Waals surface area contributed by atoms with Crippen molar-refractivity contribution in [2.24, 2.45) is 0 Å². The maximum Gasteiger partial charge on any atom is 0.336 e. The minimum absolute atomic E-state index is 0.447. The van der Waals surface area contributed by atoms with Crippen LogP contribution in [0, 0.1) is 11.6 Å². The molecule has 1 heterocycles. The molecule has 8 heteroatoms. The molecular formula is C13H11F2N3O3. The van der Waals surface area contributed by atoms with Crippen LogP contribution in [0.4, 0.5) is 8.78 Å². The van der Waals surface area contributed by atoms with Crippen LogP contribution < -0.4 is 5.32 Å². The lowest BCUT2D eigenvalue weighted by Gasteiger charge is -2.13. The molecule has 0 aliphatic heterocycles. The third-order valence-electron chi connectivity index (χ3n) is 2.81. The number of amides is 1. The van der Waals surface area contributed by atoms with Crippen molar-refractivity contribution >= 4 is 11.9 Å². The number of carbonyl (C=O) groups is 2. The maximum absolute atomic E-state index is 13.2. The fourth-order valence-electron chi connectivity index (χ4n) is 1.77. The average molecular weight is 295 g/mol. The van der Waals surface area contributed by atoms with Gasteiger partial charge in [-0.15, -0.1) is 0 Å². The van der Waals surface area contributed by atoms with Crippen LogP contribution in [0.5, 0.6) is 0 Å². The second-order valence-corrected chi connectivity index (χ2v) is 4.29. The molecule has 6 nitrogen and oxygen atoms in total. The molecule has 0 saturated heterocycles. The van der Waals surface area contributed by atoms with Gasteiger partial charge in [-0.2, -0.15) is 0 Å². The van der Waals surface area contributed by atoms with Gasteiger partial charge in [-0.05, 0) is 19.1 Å². The van der Waals surface area contributed by atoms with Crippen molar-refractivity contribution in [3.05, 3.63) is 53.1 Å². The van der Waals surface area contributed by atoms with Gasteiger partial charge >= 0.3 is 5.97 Å². The minimum atomic E-state index is -1.52. The van der Waals surface area contributed by atoms with Crippen LogP contribution in [0.25, 0.3) is 0 Å². The molecule has 0 aliphatic carbocycles. The molecule has 3 N–H and O–H groups in total. The van der Waals surface area contributed by atoms with Crippen molar-refractivity contribution in [2.75, 3.05) is 0 Å². The number of halogens is 2. The zero-order valence-corrected chi connectivity index (χ0v) is 10.9. The first kappa shape index (κ1) is 14.6. The average Bonchev–Trinajstić information content (AvgIpc) is 2.95. The summed E-state index contributed by atoms with van der Waals surface area (Å²) in [6.07, 6.45) is 3.04. The maximum atomic E-state index is 13.2. The van der Waals surface area contributed by atoms with Crippen LogP contribution in [-0.2, 0) is 0 Å². The molecule has 1 aromatic carbocycles. The highest BCUT2D eigenvalue weighted by atomic mass is 19.2. The normalized spacial score (nSPS) is 12.0. The summed E-state index contributed by atoms with van der Waals surface area (Å²) in [6, 6.07) is 0.481. The Labute approximate surface area is 117 Å². The number of benzene rings is 1. The topological polar surface area (TPSA) is 95.1 Å². The molecule has 2 aromatic rings. The Morgan fingerprint density at radius 1 is 1.29 bits per heavy atom. The number of H-pyrrole nitrogens is 1. The number of aromatic amines is 1. The van der Waals surface area contributed by atoms with E-state index in [0.717, 1.165) is 0 Å². The Morgan fingerprint density at radius 3 is 2.43 bits per heavy atom. The standard InChI is InChI=1S/C13H11F2N3O3/c1-6(11-16-2-3-17-11)18-12(19)7-4-9(14)10(15)5-8(7)13(20)21/h2-6H,1H3,(H,16,17)(H,18,19)(H,20,21). The van der Waals surface area contributed by atoms with E-state index in [1.165, 1.54) is 6.20 Å². The lowest BCUT2D eigenvalue weighted by atomic mass is 10.1. The first-order valence-electron chi connectivity index (χ1n) is 5.92. The number of hydrogen-bond acceptors (Lipinski definition) is 3. The number of rotatable bonds is 4. The van der Waals surface area contributed by atoms with Crippen molar-refractivity contribution in [3.8, 4) is 0 Å². The Hall–Kier alpha value is -2.77. The number of carboxylic acids is 1. The minimum Gasteiger partial charge on any atom is -0.478 e. The van der Waals surface area contributed by atoms with E-state index >= 15 is 0 Å². The summed E-state index contributed by atoms with van der Waals surface area (Å²) in [5.74, 6) is -4.54. The van der Waals surface area contributed by atoms with Crippen LogP contribution in [0.2, 0.25) is 0 Å². The zero-order chi connectivity index (χ0) is 15.6. The molecule has 1 amide bonds. The highest BCUT2D eigenvalue weighted by molar-refractivity contribution is 6.04. The number of imidazole rings is 1. The number of aromatic carboxylic acids is 1. The number of carboxylic acid groups (broad SMARTS) is 1. The highest BCUT2D eigenvalue weighted by Gasteiger charge is 2.22. The quantitative estimate of drug-likeness (QED) is 0.802. The van der Waals surface area contributed by atoms with Crippen LogP contribution in [0.1, 0.15) is 39.5 Å². The van der Waals surface area contributed by atoms with Gasteiger partial charge in [-0.1, -0.05) is 0 Å². The van der Waals surface area contributed by atoms with Crippen LogP contribution in [0.3, 0.4) is 0 Å². The Bertz CT molecular complexity index is 686. The second-order valence-electron chi connectivity index (χ2n) is 4.29. The van der Waals surface area contributed by atoms with E-state index in [1.54, 1.807) is 13.1 Å². The SMILES string of the molecule is CC(NC(=O)c1cc(F)c(F)cc1C(=O)O)c1ncc[nH]1. The van der Waals surface area contributed by atoms with Crippen molar-refractivity contribution in [2.45, 2.75) is 13.0 Å². The van der Waals surface area contributed by atoms with E-state index in [1.807, 2.05) is 0 Å². The van der Waals surface area contributed by atoms with E-state index in [-0.39, 0.29) is 0 Å². The number of nitrogens with zero attached hydrogens (tertiary/aromatic N) is 1. The molecule has 0 radical (unpaired) electrons. The van der Waals surface area contributed by atoms with Gasteiger partial charge < -0.3 is 15.4 Å². The summed E-state index contributed by atoms with van der Waals surface area (Å²) in [5.41, 5.74) is -1.07. The summed E-state index contributed by atoms with van der Waals surface area (Å²) in [7, 11) is 0. The number of hydrogen-bond donors (Lipinski definition) is 3. The molecule has 2 rings (SSSR count). The first-order valence-corrected chi connectivity index (χ1v) is 5.92. The molecule has 21 heavy (non-hydrogen) atoms. The lowest BCUT2D eigenvalue weighted by Crippen LogP contribution is -2.29. The Balaban J connectivity index is 2.30. The van der Waals surface area contributed by atoms with Gasteiger partial charge in [0.15, 0.2) is 11.6 Å². The summed E-state index contributed by atoms with van der Waals surface area (Å²) >= 11 is 0. The third-order valence-corrected chi connectivity index (χ3v) is 2.81. The first-order chi connectivity index (χ1) is 9.90. The zero-order valence-electron chi connectivity index (χ0n) is 10.9. The summed E-state index contributed by atoms with van der Waals surface area (Å²) in [6.45, 7) is 1.61. The van der Waals surface area contributed by atoms with E-state index in [4.69, 9.17) is 5.11 Å². The number of carbonyl (C=O) groups excluding carboxylic acids is 1. The second kappa shape index (κ2) is 5.70. The van der Waals surface area contributed by atoms with E-state index < -0.39 is 40.7 Å². The Morgan fingerprint density at radius 2 is 1.90 bits per heavy atom. The molecule has 0 saturated carbocycles. The van der Waals surface area contributed by atoms with Crippen molar-refractivity contribution in [3.63, 3.8) is 0 Å². The molecular weight excluding hydrogens is 284 g/mol. The van der Waals surface area contributed by atoms with Gasteiger partial charge in [0, 0.05) is 12.4 Å². The van der Waals surface area contributed by atoms with Crippen molar-refractivity contribution in [1.29, 1.82) is 0 Å². The van der Waals surface area contributed by atoms with Crippen LogP contribution >= 0.6 is 0 Å². The van der Waals surface area contributed by atoms with Crippen LogP contribution in [-0.4, -0.2) is 27.0 Å². The molecule has 1 atom stereocenters. The highest BCUT2D eigenvalue weighted by Crippen LogP contribution is 2.17. The summed E-state index contributed by atoms with van der Waals surface area (Å²) in [4.78, 5) is 29.8. The number of nitrogens with one attached hydrogen (secondary N) is 2. The molecule has 1 unspecified atom stereocenters. The smallest absolute Gasteiger partial charge is 0.336 e. The van der Waals surface area contributed by atoms with Crippen molar-refractivity contribution in [1.82, 2.24) is 15.3 Å². The van der Waals surface area contributed by atoms with Gasteiger partial charge in [0.1, 0.15) is 5.82 Å². The molecule has 1 aromatic heterocycles. The fourth-order valence-corrected chi connectivity index (χ4v) is 1.77. The van der Waals surface area contributed by atoms with Crippen molar-refractivity contribution < 1.29 is 23.5 Å². The fraction of sp³-hybridized carbons (Fsp3) is 0.154. The largest absolute Gasteiger partial charge is 0.478 e. The summed E-state index contributed by atoms with van der Waals surface area (Å²) < 4.78 is 26.3. The van der Waals surface area contributed by atoms with Gasteiger partial charge in [-0.3, -0.25) is 4.79 Å². The summed E-state index contributed by atoms with van der Waals surface area (Å²) in [5, 5.41) is 11.4. The molecule has 0 bridgehead atoms. The lowest BCUT2D eigenvalue weighted by molar-refractivity contribution is 0.0689. The predicted octanol–water partition coefficient (Wildman–Crippen LogP) is 1.88. The van der Waals surface area contributed by atoms with Crippen LogP contribution in [0.15, 0.2) is 24.5 Å². The predicted molar refractivity (Wildman–Crippen MR) is 67.8 cm³/mol. The molecule has 0 fully saturated rings. The van der Waals surface area contributed by atoms with E-state index in [0.29, 0.717) is 18.0 Å². The Kier molecular flexibility index (Phi) is 3.97. The van der Waals surface area contributed by atoms with Gasteiger partial charge in [0.05, 0.1) is 17.2 Å². The van der Waals surface area contributed by atoms with E-state index in [2.05, 4.69) is 15.3 Å².